The number of hydrogen-bond acceptors (Lipinski definition) is 6. The summed E-state index contributed by atoms with van der Waals surface area (Å²) in [5.41, 5.74) is 2.00. The summed E-state index contributed by atoms with van der Waals surface area (Å²) in [7, 11) is 2.60. The van der Waals surface area contributed by atoms with E-state index in [2.05, 4.69) is 5.32 Å². The van der Waals surface area contributed by atoms with Crippen molar-refractivity contribution < 1.29 is 23.8 Å². The molecule has 142 valence electrons. The normalized spacial score (nSPS) is 11.1. The molecule has 0 unspecified atom stereocenters. The molecule has 0 amide bonds. The van der Waals surface area contributed by atoms with E-state index in [4.69, 9.17) is 14.2 Å². The van der Waals surface area contributed by atoms with Crippen LogP contribution < -0.4 is 10.1 Å². The number of esters is 2. The van der Waals surface area contributed by atoms with Crippen molar-refractivity contribution in [3.05, 3.63) is 65.7 Å². The number of methoxy groups -OCH3 is 2. The Labute approximate surface area is 158 Å². The second kappa shape index (κ2) is 9.43. The minimum Gasteiger partial charge on any atom is -0.491 e. The molecule has 6 heteroatoms. The summed E-state index contributed by atoms with van der Waals surface area (Å²) >= 11 is 0. The Morgan fingerprint density at radius 3 is 2.11 bits per heavy atom. The van der Waals surface area contributed by atoms with Crippen LogP contribution in [0, 0.1) is 0 Å². The van der Waals surface area contributed by atoms with Gasteiger partial charge in [0.05, 0.1) is 31.6 Å². The first kappa shape index (κ1) is 20.0. The lowest BCUT2D eigenvalue weighted by molar-refractivity contribution is -0.134. The van der Waals surface area contributed by atoms with Crippen LogP contribution >= 0.6 is 0 Å². The molecule has 0 saturated carbocycles. The van der Waals surface area contributed by atoms with Gasteiger partial charge in [-0.1, -0.05) is 18.2 Å². The number of rotatable bonds is 7. The number of ether oxygens (including phenoxy) is 3. The largest absolute Gasteiger partial charge is 0.491 e. The highest BCUT2D eigenvalue weighted by molar-refractivity contribution is 6.01. The van der Waals surface area contributed by atoms with E-state index >= 15 is 0 Å². The van der Waals surface area contributed by atoms with Gasteiger partial charge in [0, 0.05) is 17.3 Å². The number of hydrogen-bond donors (Lipinski definition) is 1. The molecule has 0 aliphatic heterocycles. The third kappa shape index (κ3) is 5.60. The van der Waals surface area contributed by atoms with Crippen molar-refractivity contribution in [2.75, 3.05) is 19.5 Å². The van der Waals surface area contributed by atoms with Crippen LogP contribution in [0.25, 0.3) is 5.70 Å². The van der Waals surface area contributed by atoms with Gasteiger partial charge in [0.2, 0.25) is 0 Å². The second-order valence-corrected chi connectivity index (χ2v) is 5.93. The van der Waals surface area contributed by atoms with E-state index in [0.29, 0.717) is 16.8 Å². The van der Waals surface area contributed by atoms with E-state index in [-0.39, 0.29) is 6.10 Å². The van der Waals surface area contributed by atoms with Crippen LogP contribution in [0.2, 0.25) is 0 Å². The van der Waals surface area contributed by atoms with Gasteiger partial charge in [0.15, 0.2) is 0 Å². The van der Waals surface area contributed by atoms with Crippen LogP contribution in [0.15, 0.2) is 54.6 Å². The average Bonchev–Trinajstić information content (AvgIpc) is 2.67. The van der Waals surface area contributed by atoms with Crippen molar-refractivity contribution in [2.24, 2.45) is 0 Å². The molecular formula is C21H23NO5. The predicted molar refractivity (Wildman–Crippen MR) is 104 cm³/mol. The number of nitrogens with one attached hydrogen (secondary N) is 1. The van der Waals surface area contributed by atoms with Gasteiger partial charge in [-0.25, -0.2) is 9.59 Å². The minimum absolute atomic E-state index is 0.0746. The molecule has 6 nitrogen and oxygen atoms in total. The fourth-order valence-electron chi connectivity index (χ4n) is 2.41. The Hall–Kier alpha value is -3.28. The summed E-state index contributed by atoms with van der Waals surface area (Å²) in [5.74, 6) is -0.301. The quantitative estimate of drug-likeness (QED) is 0.590. The zero-order valence-corrected chi connectivity index (χ0v) is 15.8. The van der Waals surface area contributed by atoms with Crippen molar-refractivity contribution in [2.45, 2.75) is 20.0 Å². The van der Waals surface area contributed by atoms with Crippen molar-refractivity contribution in [3.8, 4) is 5.75 Å². The molecule has 1 N–H and O–H groups in total. The molecule has 0 aliphatic carbocycles. The molecule has 2 rings (SSSR count). The molecule has 0 aromatic heterocycles. The fourth-order valence-corrected chi connectivity index (χ4v) is 2.41. The van der Waals surface area contributed by atoms with E-state index in [1.807, 2.05) is 38.1 Å². The van der Waals surface area contributed by atoms with Gasteiger partial charge in [-0.2, -0.15) is 0 Å². The van der Waals surface area contributed by atoms with Gasteiger partial charge in [-0.15, -0.1) is 0 Å². The summed E-state index contributed by atoms with van der Waals surface area (Å²) in [6.45, 7) is 3.90. The van der Waals surface area contributed by atoms with Crippen molar-refractivity contribution in [1.29, 1.82) is 0 Å². The molecule has 0 aliphatic rings. The highest BCUT2D eigenvalue weighted by Gasteiger charge is 2.16. The summed E-state index contributed by atoms with van der Waals surface area (Å²) < 4.78 is 15.2. The van der Waals surface area contributed by atoms with Gasteiger partial charge in [-0.3, -0.25) is 0 Å². The molecule has 0 heterocycles. The maximum absolute atomic E-state index is 12.1. The lowest BCUT2D eigenvalue weighted by atomic mass is 10.0. The molecule has 0 bridgehead atoms. The van der Waals surface area contributed by atoms with Gasteiger partial charge in [0.25, 0.3) is 0 Å². The molecule has 2 aromatic rings. The van der Waals surface area contributed by atoms with E-state index in [9.17, 15) is 9.59 Å². The smallest absolute Gasteiger partial charge is 0.338 e. The predicted octanol–water partition coefficient (Wildman–Crippen LogP) is 3.89. The first-order chi connectivity index (χ1) is 12.9. The maximum atomic E-state index is 12.1. The van der Waals surface area contributed by atoms with Crippen LogP contribution in [0.3, 0.4) is 0 Å². The zero-order valence-electron chi connectivity index (χ0n) is 15.8. The molecule has 0 fully saturated rings. The Morgan fingerprint density at radius 1 is 0.926 bits per heavy atom. The third-order valence-electron chi connectivity index (χ3n) is 3.59. The second-order valence-electron chi connectivity index (χ2n) is 5.93. The Morgan fingerprint density at radius 2 is 1.56 bits per heavy atom. The monoisotopic (exact) mass is 369 g/mol. The first-order valence-corrected chi connectivity index (χ1v) is 8.45. The van der Waals surface area contributed by atoms with E-state index in [1.165, 1.54) is 20.3 Å². The highest BCUT2D eigenvalue weighted by Crippen LogP contribution is 2.24. The van der Waals surface area contributed by atoms with E-state index in [0.717, 1.165) is 11.4 Å². The third-order valence-corrected chi connectivity index (χ3v) is 3.59. The van der Waals surface area contributed by atoms with E-state index in [1.54, 1.807) is 24.3 Å². The van der Waals surface area contributed by atoms with Gasteiger partial charge in [-0.05, 0) is 44.2 Å². The van der Waals surface area contributed by atoms with Crippen molar-refractivity contribution >= 4 is 23.3 Å². The fraction of sp³-hybridized carbons (Fsp3) is 0.238. The minimum atomic E-state index is -0.545. The Kier molecular flexibility index (Phi) is 7.00. The summed E-state index contributed by atoms with van der Waals surface area (Å²) in [6, 6.07) is 14.2. The molecule has 0 spiro atoms. The first-order valence-electron chi connectivity index (χ1n) is 8.45. The molecule has 27 heavy (non-hydrogen) atoms. The number of carbonyl (C=O) groups excluding carboxylic acids is 2. The van der Waals surface area contributed by atoms with Crippen LogP contribution in [0.1, 0.15) is 29.8 Å². The number of anilines is 1. The van der Waals surface area contributed by atoms with Gasteiger partial charge < -0.3 is 19.5 Å². The Bertz CT molecular complexity index is 825. The highest BCUT2D eigenvalue weighted by atomic mass is 16.5. The summed E-state index contributed by atoms with van der Waals surface area (Å²) in [4.78, 5) is 23.9. The lowest BCUT2D eigenvalue weighted by Crippen LogP contribution is -2.10. The maximum Gasteiger partial charge on any atom is 0.338 e. The lowest BCUT2D eigenvalue weighted by Gasteiger charge is -2.15. The van der Waals surface area contributed by atoms with Crippen LogP contribution in [0.4, 0.5) is 5.69 Å². The van der Waals surface area contributed by atoms with Gasteiger partial charge >= 0.3 is 11.9 Å². The summed E-state index contributed by atoms with van der Waals surface area (Å²) in [5, 5.41) is 3.16. The SMILES string of the molecule is COC(=O)/C=C(\Nc1ccc(OC(C)C)cc1)c1ccccc1C(=O)OC. The molecule has 0 radical (unpaired) electrons. The molecule has 0 atom stereocenters. The average molecular weight is 369 g/mol. The number of benzene rings is 2. The van der Waals surface area contributed by atoms with Crippen molar-refractivity contribution in [3.63, 3.8) is 0 Å². The van der Waals surface area contributed by atoms with Crippen LogP contribution in [-0.2, 0) is 14.3 Å². The van der Waals surface area contributed by atoms with Crippen molar-refractivity contribution in [1.82, 2.24) is 0 Å². The van der Waals surface area contributed by atoms with Crippen LogP contribution in [0.5, 0.6) is 5.75 Å². The number of carbonyl (C=O) groups is 2. The van der Waals surface area contributed by atoms with Gasteiger partial charge in [0.1, 0.15) is 5.75 Å². The topological polar surface area (TPSA) is 73.9 Å². The molecule has 2 aromatic carbocycles. The zero-order chi connectivity index (χ0) is 19.8. The van der Waals surface area contributed by atoms with Crippen LogP contribution in [-0.4, -0.2) is 32.3 Å². The summed E-state index contributed by atoms with van der Waals surface area (Å²) in [6.07, 6.45) is 1.37. The standard InChI is InChI=1S/C21H23NO5/c1-14(2)27-16-11-9-15(10-12-16)22-19(13-20(23)25-3)17-7-5-6-8-18(17)21(24)26-4/h5-14,22H,1-4H3/b19-13-. The molecule has 0 saturated heterocycles. The van der Waals surface area contributed by atoms with E-state index < -0.39 is 11.9 Å². The Balaban J connectivity index is 2.38. The molecular weight excluding hydrogens is 346 g/mol.